The third-order valence-corrected chi connectivity index (χ3v) is 2.17. The van der Waals surface area contributed by atoms with Crippen LogP contribution in [0, 0.1) is 5.92 Å². The van der Waals surface area contributed by atoms with E-state index in [1.165, 1.54) is 7.11 Å². The molecule has 0 aromatic rings. The molecule has 0 rings (SSSR count). The van der Waals surface area contributed by atoms with Gasteiger partial charge in [0.15, 0.2) is 0 Å². The van der Waals surface area contributed by atoms with Crippen molar-refractivity contribution in [2.45, 2.75) is 19.9 Å². The first kappa shape index (κ1) is 15.8. The number of carbonyl (C=O) groups is 2. The quantitative estimate of drug-likeness (QED) is 0.272. The van der Waals surface area contributed by atoms with Crippen LogP contribution >= 0.6 is 0 Å². The molecule has 0 aliphatic heterocycles. The summed E-state index contributed by atoms with van der Waals surface area (Å²) in [5.41, 5.74) is 7.22. The van der Waals surface area contributed by atoms with E-state index in [2.05, 4.69) is 5.43 Å². The van der Waals surface area contributed by atoms with Crippen molar-refractivity contribution in [1.29, 1.82) is 0 Å². The van der Waals surface area contributed by atoms with Crippen molar-refractivity contribution in [3.8, 4) is 0 Å². The number of nitrogens with one attached hydrogen (secondary N) is 1. The topological polar surface area (TPSA) is 111 Å². The Hall–Kier alpha value is -1.18. The molecule has 1 atom stereocenters. The lowest BCUT2D eigenvalue weighted by Gasteiger charge is -2.30. The maximum absolute atomic E-state index is 11.6. The molecule has 17 heavy (non-hydrogen) atoms. The van der Waals surface area contributed by atoms with Gasteiger partial charge < -0.3 is 10.5 Å². The van der Waals surface area contributed by atoms with E-state index in [0.29, 0.717) is 12.5 Å². The number of primary amides is 1. The monoisotopic (exact) mass is 246 g/mol. The molecule has 5 N–H and O–H groups in total. The van der Waals surface area contributed by atoms with E-state index >= 15 is 0 Å². The van der Waals surface area contributed by atoms with Gasteiger partial charge in [-0.05, 0) is 5.92 Å². The smallest absolute Gasteiger partial charge is 0.253 e. The van der Waals surface area contributed by atoms with Gasteiger partial charge in [-0.3, -0.25) is 19.9 Å². The SMILES string of the molecule is COCC(C(=O)NN)N(CC(N)=O)CC(C)C. The first-order valence-corrected chi connectivity index (χ1v) is 5.44. The van der Waals surface area contributed by atoms with Gasteiger partial charge in [-0.1, -0.05) is 13.8 Å². The number of hydrazine groups is 1. The second kappa shape index (κ2) is 7.99. The Bertz CT molecular complexity index is 258. The molecule has 0 aromatic carbocycles. The van der Waals surface area contributed by atoms with Gasteiger partial charge in [-0.15, -0.1) is 0 Å². The summed E-state index contributed by atoms with van der Waals surface area (Å²) in [4.78, 5) is 24.2. The number of amides is 2. The molecule has 0 spiro atoms. The molecule has 1 unspecified atom stereocenters. The first-order chi connectivity index (χ1) is 7.92. The first-order valence-electron chi connectivity index (χ1n) is 5.44. The van der Waals surface area contributed by atoms with E-state index in [9.17, 15) is 9.59 Å². The van der Waals surface area contributed by atoms with Crippen LogP contribution in [0.5, 0.6) is 0 Å². The second-order valence-electron chi connectivity index (χ2n) is 4.27. The zero-order valence-corrected chi connectivity index (χ0v) is 10.6. The van der Waals surface area contributed by atoms with Crippen LogP contribution < -0.4 is 17.0 Å². The number of methoxy groups -OCH3 is 1. The number of rotatable bonds is 8. The van der Waals surface area contributed by atoms with Gasteiger partial charge in [-0.2, -0.15) is 0 Å². The molecule has 7 heteroatoms. The number of carbonyl (C=O) groups excluding carboxylic acids is 2. The molecule has 0 aliphatic carbocycles. The fraction of sp³-hybridized carbons (Fsp3) is 0.800. The Morgan fingerprint density at radius 3 is 2.35 bits per heavy atom. The molecule has 0 aromatic heterocycles. The lowest BCUT2D eigenvalue weighted by atomic mass is 10.1. The van der Waals surface area contributed by atoms with E-state index in [1.54, 1.807) is 4.90 Å². The van der Waals surface area contributed by atoms with Gasteiger partial charge in [0.05, 0.1) is 13.2 Å². The van der Waals surface area contributed by atoms with Gasteiger partial charge in [0, 0.05) is 13.7 Å². The molecule has 0 heterocycles. The molecule has 0 saturated heterocycles. The van der Waals surface area contributed by atoms with E-state index in [-0.39, 0.29) is 13.2 Å². The average molecular weight is 246 g/mol. The van der Waals surface area contributed by atoms with Crippen LogP contribution in [0.4, 0.5) is 0 Å². The molecule has 100 valence electrons. The highest BCUT2D eigenvalue weighted by molar-refractivity contribution is 5.82. The van der Waals surface area contributed by atoms with E-state index in [1.807, 2.05) is 13.8 Å². The predicted molar refractivity (Wildman–Crippen MR) is 63.6 cm³/mol. The molecular formula is C10H22N4O3. The van der Waals surface area contributed by atoms with E-state index < -0.39 is 17.9 Å². The van der Waals surface area contributed by atoms with Crippen molar-refractivity contribution in [3.05, 3.63) is 0 Å². The maximum atomic E-state index is 11.6. The van der Waals surface area contributed by atoms with Crippen LogP contribution in [0.2, 0.25) is 0 Å². The fourth-order valence-electron chi connectivity index (χ4n) is 1.57. The van der Waals surface area contributed by atoms with E-state index in [0.717, 1.165) is 0 Å². The van der Waals surface area contributed by atoms with Gasteiger partial charge in [0.2, 0.25) is 5.91 Å². The fourth-order valence-corrected chi connectivity index (χ4v) is 1.57. The van der Waals surface area contributed by atoms with Crippen LogP contribution in [0.3, 0.4) is 0 Å². The van der Waals surface area contributed by atoms with Crippen LogP contribution in [-0.4, -0.2) is 49.6 Å². The molecule has 2 amide bonds. The third-order valence-electron chi connectivity index (χ3n) is 2.17. The van der Waals surface area contributed by atoms with Crippen molar-refractivity contribution in [1.82, 2.24) is 10.3 Å². The number of ether oxygens (including phenoxy) is 1. The predicted octanol–water partition coefficient (Wildman–Crippen LogP) is -1.57. The Morgan fingerprint density at radius 2 is 2.00 bits per heavy atom. The standard InChI is InChI=1S/C10H22N4O3/c1-7(2)4-14(5-9(11)15)8(6-17-3)10(16)13-12/h7-8H,4-6,12H2,1-3H3,(H2,11,15)(H,13,16). The van der Waals surface area contributed by atoms with Crippen LogP contribution in [0.1, 0.15) is 13.8 Å². The van der Waals surface area contributed by atoms with E-state index in [4.69, 9.17) is 16.3 Å². The molecule has 0 saturated carbocycles. The second-order valence-corrected chi connectivity index (χ2v) is 4.27. The third kappa shape index (κ3) is 6.20. The molecule has 0 aliphatic rings. The summed E-state index contributed by atoms with van der Waals surface area (Å²) < 4.78 is 4.96. The minimum Gasteiger partial charge on any atom is -0.383 e. The Kier molecular flexibility index (Phi) is 7.44. The van der Waals surface area contributed by atoms with Crippen LogP contribution in [0.25, 0.3) is 0 Å². The summed E-state index contributed by atoms with van der Waals surface area (Å²) in [5, 5.41) is 0. The van der Waals surface area contributed by atoms with Crippen molar-refractivity contribution in [2.75, 3.05) is 26.8 Å². The van der Waals surface area contributed by atoms with Gasteiger partial charge in [-0.25, -0.2) is 5.84 Å². The molecule has 0 bridgehead atoms. The number of hydrogen-bond acceptors (Lipinski definition) is 5. The Balaban J connectivity index is 4.77. The minimum atomic E-state index is -0.611. The number of hydrogen-bond donors (Lipinski definition) is 3. The minimum absolute atomic E-state index is 0.000370. The number of nitrogens with zero attached hydrogens (tertiary/aromatic N) is 1. The lowest BCUT2D eigenvalue weighted by molar-refractivity contribution is -0.130. The van der Waals surface area contributed by atoms with Crippen molar-refractivity contribution in [3.63, 3.8) is 0 Å². The largest absolute Gasteiger partial charge is 0.383 e. The van der Waals surface area contributed by atoms with Crippen molar-refractivity contribution < 1.29 is 14.3 Å². The van der Waals surface area contributed by atoms with Crippen molar-refractivity contribution in [2.24, 2.45) is 17.5 Å². The normalized spacial score (nSPS) is 12.8. The summed E-state index contributed by atoms with van der Waals surface area (Å²) in [7, 11) is 1.48. The lowest BCUT2D eigenvalue weighted by Crippen LogP contribution is -2.54. The highest BCUT2D eigenvalue weighted by Crippen LogP contribution is 2.05. The summed E-state index contributed by atoms with van der Waals surface area (Å²) in [6, 6.07) is -0.611. The number of nitrogens with two attached hydrogens (primary N) is 2. The average Bonchev–Trinajstić information content (AvgIpc) is 2.22. The van der Waals surface area contributed by atoms with Gasteiger partial charge >= 0.3 is 0 Å². The molecule has 7 nitrogen and oxygen atoms in total. The molecular weight excluding hydrogens is 224 g/mol. The van der Waals surface area contributed by atoms with Crippen LogP contribution in [-0.2, 0) is 14.3 Å². The molecule has 0 fully saturated rings. The summed E-state index contributed by atoms with van der Waals surface area (Å²) in [6.07, 6.45) is 0. The summed E-state index contributed by atoms with van der Waals surface area (Å²) >= 11 is 0. The highest BCUT2D eigenvalue weighted by Gasteiger charge is 2.27. The zero-order valence-electron chi connectivity index (χ0n) is 10.6. The highest BCUT2D eigenvalue weighted by atomic mass is 16.5. The zero-order chi connectivity index (χ0) is 13.4. The molecule has 0 radical (unpaired) electrons. The van der Waals surface area contributed by atoms with Crippen molar-refractivity contribution >= 4 is 11.8 Å². The van der Waals surface area contributed by atoms with Gasteiger partial charge in [0.25, 0.3) is 5.91 Å². The maximum Gasteiger partial charge on any atom is 0.253 e. The Labute approximate surface area is 101 Å². The Morgan fingerprint density at radius 1 is 1.41 bits per heavy atom. The summed E-state index contributed by atoms with van der Waals surface area (Å²) in [6.45, 7) is 4.68. The van der Waals surface area contributed by atoms with Crippen LogP contribution in [0.15, 0.2) is 0 Å². The summed E-state index contributed by atoms with van der Waals surface area (Å²) in [5.74, 6) is 4.51. The van der Waals surface area contributed by atoms with Gasteiger partial charge in [0.1, 0.15) is 6.04 Å².